The number of hydrogen-bond donors (Lipinski definition) is 2. The van der Waals surface area contributed by atoms with Gasteiger partial charge >= 0.3 is 13.9 Å². The molecule has 0 saturated carbocycles. The topological polar surface area (TPSA) is 153 Å². The fraction of sp³-hybridized carbons (Fsp3) is 0.312. The maximum absolute atomic E-state index is 14.8. The summed E-state index contributed by atoms with van der Waals surface area (Å²) in [5.41, 5.74) is 0.562. The molecular formula is C16H16FN6O6PS. The van der Waals surface area contributed by atoms with E-state index in [0.29, 0.717) is 27.7 Å². The van der Waals surface area contributed by atoms with E-state index in [4.69, 9.17) is 14.5 Å². The molecule has 1 fully saturated rings. The zero-order chi connectivity index (χ0) is 22.2. The zero-order valence-corrected chi connectivity index (χ0v) is 17.7. The average molecular weight is 470 g/mol. The number of amides is 1. The van der Waals surface area contributed by atoms with Gasteiger partial charge < -0.3 is 14.5 Å². The van der Waals surface area contributed by atoms with Crippen LogP contribution in [0.4, 0.5) is 14.9 Å². The molecule has 1 atom stereocenters. The largest absolute Gasteiger partial charge is 0.469 e. The van der Waals surface area contributed by atoms with Crippen molar-refractivity contribution in [1.29, 1.82) is 0 Å². The third-order valence-electron chi connectivity index (χ3n) is 4.25. The highest BCUT2D eigenvalue weighted by molar-refractivity contribution is 7.46. The van der Waals surface area contributed by atoms with Gasteiger partial charge in [-0.25, -0.2) is 18.7 Å². The minimum Gasteiger partial charge on any atom is -0.441 e. The van der Waals surface area contributed by atoms with E-state index in [-0.39, 0.29) is 12.2 Å². The molecule has 1 aliphatic rings. The highest BCUT2D eigenvalue weighted by Crippen LogP contribution is 2.37. The summed E-state index contributed by atoms with van der Waals surface area (Å²) >= 11 is 1.29. The van der Waals surface area contributed by atoms with Crippen molar-refractivity contribution in [1.82, 2.24) is 25.2 Å². The first-order valence-corrected chi connectivity index (χ1v) is 11.2. The van der Waals surface area contributed by atoms with Gasteiger partial charge in [-0.1, -0.05) is 0 Å². The Bertz CT molecular complexity index is 1170. The smallest absolute Gasteiger partial charge is 0.441 e. The van der Waals surface area contributed by atoms with Gasteiger partial charge in [0.25, 0.3) is 0 Å². The lowest BCUT2D eigenvalue weighted by atomic mass is 10.1. The summed E-state index contributed by atoms with van der Waals surface area (Å²) < 4.78 is 35.0. The van der Waals surface area contributed by atoms with Crippen molar-refractivity contribution < 1.29 is 32.8 Å². The molecule has 3 heterocycles. The van der Waals surface area contributed by atoms with Crippen molar-refractivity contribution in [2.24, 2.45) is 7.05 Å². The molecule has 0 radical (unpaired) electrons. The zero-order valence-electron chi connectivity index (χ0n) is 16.0. The minimum atomic E-state index is -4.68. The molecule has 1 saturated heterocycles. The summed E-state index contributed by atoms with van der Waals surface area (Å²) in [6.45, 7) is -0.509. The van der Waals surface area contributed by atoms with Crippen LogP contribution in [0.3, 0.4) is 0 Å². The number of phosphoric ester groups is 1. The van der Waals surface area contributed by atoms with Crippen molar-refractivity contribution in [3.8, 4) is 10.4 Å². The van der Waals surface area contributed by atoms with E-state index in [0.717, 1.165) is 0 Å². The number of aromatic nitrogens is 5. The van der Waals surface area contributed by atoms with Crippen molar-refractivity contribution in [3.05, 3.63) is 41.0 Å². The molecule has 3 aromatic rings. The first kappa shape index (κ1) is 21.5. The summed E-state index contributed by atoms with van der Waals surface area (Å²) in [6.07, 6.45) is 0.272. The number of anilines is 1. The lowest BCUT2D eigenvalue weighted by Gasteiger charge is -2.14. The van der Waals surface area contributed by atoms with Crippen LogP contribution in [0.1, 0.15) is 10.8 Å². The average Bonchev–Trinajstić information content (AvgIpc) is 3.40. The molecule has 1 aliphatic heterocycles. The van der Waals surface area contributed by atoms with Gasteiger partial charge in [0.2, 0.25) is 0 Å². The molecule has 0 spiro atoms. The molecule has 2 N–H and O–H groups in total. The first-order valence-electron chi connectivity index (χ1n) is 8.83. The van der Waals surface area contributed by atoms with Gasteiger partial charge in [0, 0.05) is 11.8 Å². The lowest BCUT2D eigenvalue weighted by molar-refractivity contribution is 0.0880. The number of thiazole rings is 1. The van der Waals surface area contributed by atoms with Crippen LogP contribution in [0.5, 0.6) is 0 Å². The summed E-state index contributed by atoms with van der Waals surface area (Å²) in [7, 11) is -3.03. The Hall–Kier alpha value is -2.77. The monoisotopic (exact) mass is 470 g/mol. The number of ether oxygens (including phenoxy) is 1. The fourth-order valence-corrected chi connectivity index (χ4v) is 4.22. The van der Waals surface area contributed by atoms with Crippen molar-refractivity contribution in [2.75, 3.05) is 18.1 Å². The number of benzene rings is 1. The molecule has 4 rings (SSSR count). The summed E-state index contributed by atoms with van der Waals surface area (Å²) in [6, 6.07) is 4.26. The van der Waals surface area contributed by atoms with Crippen LogP contribution < -0.4 is 4.90 Å². The molecule has 31 heavy (non-hydrogen) atoms. The quantitative estimate of drug-likeness (QED) is 0.486. The van der Waals surface area contributed by atoms with E-state index in [2.05, 4.69) is 24.9 Å². The van der Waals surface area contributed by atoms with Crippen molar-refractivity contribution >= 4 is 30.9 Å². The van der Waals surface area contributed by atoms with Gasteiger partial charge in [-0.3, -0.25) is 9.42 Å². The van der Waals surface area contributed by atoms with Crippen LogP contribution in [0.25, 0.3) is 10.4 Å². The van der Waals surface area contributed by atoms with Crippen molar-refractivity contribution in [3.63, 3.8) is 0 Å². The van der Waals surface area contributed by atoms with E-state index < -0.39 is 32.4 Å². The van der Waals surface area contributed by atoms with Crippen LogP contribution in [-0.4, -0.2) is 60.3 Å². The number of nitrogens with zero attached hydrogens (tertiary/aromatic N) is 6. The number of carbonyl (C=O) groups excluding carboxylic acids is 1. The van der Waals surface area contributed by atoms with Gasteiger partial charge in [-0.2, -0.15) is 4.80 Å². The molecule has 1 aromatic carbocycles. The Balaban J connectivity index is 1.46. The highest BCUT2D eigenvalue weighted by Gasteiger charge is 2.34. The predicted octanol–water partition coefficient (Wildman–Crippen LogP) is 1.50. The lowest BCUT2D eigenvalue weighted by Crippen LogP contribution is -2.25. The molecule has 12 nitrogen and oxygen atoms in total. The van der Waals surface area contributed by atoms with E-state index in [1.54, 1.807) is 19.3 Å². The van der Waals surface area contributed by atoms with Gasteiger partial charge in [0.1, 0.15) is 16.9 Å². The molecule has 0 aliphatic carbocycles. The molecule has 0 unspecified atom stereocenters. The first-order chi connectivity index (χ1) is 14.7. The van der Waals surface area contributed by atoms with Crippen LogP contribution in [0.15, 0.2) is 24.4 Å². The number of phosphoric acid groups is 1. The standard InChI is InChI=1S/C16H16FN6O6PS/c1-22-20-14(19-21-22)5-15-18-6-13(31-15)11-3-2-9(4-12(11)17)23-7-10(29-16(23)24)8-28-30(25,26)27/h2-4,6,10H,5,7-8H2,1H3,(H2,25,26,27)/t10-/m1/s1. The second kappa shape index (κ2) is 8.40. The SMILES string of the molecule is Cn1nnc(Cc2ncc(-c3ccc(N4C[C@H](COP(=O)(O)O)OC4=O)cc3F)s2)n1. The summed E-state index contributed by atoms with van der Waals surface area (Å²) in [5.74, 6) is -0.0582. The normalized spacial score (nSPS) is 16.7. The second-order valence-corrected chi connectivity index (χ2v) is 8.91. The number of tetrazole rings is 1. The van der Waals surface area contributed by atoms with Crippen LogP contribution in [0, 0.1) is 5.82 Å². The Morgan fingerprint density at radius 2 is 2.23 bits per heavy atom. The minimum absolute atomic E-state index is 0.0343. The van der Waals surface area contributed by atoms with Gasteiger partial charge in [0.05, 0.1) is 37.2 Å². The van der Waals surface area contributed by atoms with Gasteiger partial charge in [-0.05, 0) is 23.4 Å². The van der Waals surface area contributed by atoms with Crippen molar-refractivity contribution in [2.45, 2.75) is 12.5 Å². The molecule has 164 valence electrons. The predicted molar refractivity (Wildman–Crippen MR) is 105 cm³/mol. The highest BCUT2D eigenvalue weighted by atomic mass is 32.1. The van der Waals surface area contributed by atoms with E-state index in [9.17, 15) is 13.8 Å². The molecule has 15 heteroatoms. The Morgan fingerprint density at radius 3 is 2.90 bits per heavy atom. The third-order valence-corrected chi connectivity index (χ3v) is 5.76. The Morgan fingerprint density at radius 1 is 1.42 bits per heavy atom. The third kappa shape index (κ3) is 5.11. The van der Waals surface area contributed by atoms with Gasteiger partial charge in [-0.15, -0.1) is 21.5 Å². The number of halogens is 1. The molecule has 0 bridgehead atoms. The molecule has 2 aromatic heterocycles. The number of aryl methyl sites for hydroxylation is 1. The maximum atomic E-state index is 14.8. The van der Waals surface area contributed by atoms with E-state index in [1.807, 2.05) is 0 Å². The second-order valence-electron chi connectivity index (χ2n) is 6.56. The summed E-state index contributed by atoms with van der Waals surface area (Å²) in [4.78, 5) is 37.0. The fourth-order valence-electron chi connectivity index (χ4n) is 2.92. The number of cyclic esters (lactones) is 1. The number of rotatable bonds is 7. The Labute approximate surface area is 178 Å². The molecular weight excluding hydrogens is 454 g/mol. The van der Waals surface area contributed by atoms with Crippen LogP contribution >= 0.6 is 19.2 Å². The number of hydrogen-bond acceptors (Lipinski definition) is 9. The molecule has 1 amide bonds. The van der Waals surface area contributed by atoms with Crippen LogP contribution in [0.2, 0.25) is 0 Å². The Kier molecular flexibility index (Phi) is 5.81. The van der Waals surface area contributed by atoms with Crippen LogP contribution in [-0.2, 0) is 27.3 Å². The maximum Gasteiger partial charge on any atom is 0.469 e. The van der Waals surface area contributed by atoms with Gasteiger partial charge in [0.15, 0.2) is 5.82 Å². The number of carbonyl (C=O) groups is 1. The van der Waals surface area contributed by atoms with E-state index >= 15 is 0 Å². The summed E-state index contributed by atoms with van der Waals surface area (Å²) in [5, 5.41) is 12.4. The van der Waals surface area contributed by atoms with E-state index in [1.165, 1.54) is 33.2 Å².